The molecular weight excluding hydrogens is 338 g/mol. The van der Waals surface area contributed by atoms with Crippen molar-refractivity contribution in [1.82, 2.24) is 5.32 Å². The second kappa shape index (κ2) is 10.6. The monoisotopic (exact) mass is 361 g/mol. The first-order chi connectivity index (χ1) is 12.2. The van der Waals surface area contributed by atoms with E-state index in [1.807, 2.05) is 30.3 Å². The summed E-state index contributed by atoms with van der Waals surface area (Å²) in [7, 11) is 1.67. The first-order valence-electron chi connectivity index (χ1n) is 8.46. The maximum atomic E-state index is 11.8. The number of amides is 1. The molecule has 134 valence electrons. The fraction of sp³-hybridized carbons (Fsp3) is 0.350. The van der Waals surface area contributed by atoms with Crippen LogP contribution < -0.4 is 14.8 Å². The van der Waals surface area contributed by atoms with Crippen molar-refractivity contribution in [3.63, 3.8) is 0 Å². The summed E-state index contributed by atoms with van der Waals surface area (Å²) < 4.78 is 10.9. The number of carbonyl (C=O) groups excluding carboxylic acids is 1. The molecule has 4 nitrogen and oxygen atoms in total. The van der Waals surface area contributed by atoms with Crippen molar-refractivity contribution >= 4 is 17.5 Å². The number of hydrogen-bond acceptors (Lipinski definition) is 3. The third kappa shape index (κ3) is 7.06. The zero-order chi connectivity index (χ0) is 17.9. The summed E-state index contributed by atoms with van der Waals surface area (Å²) in [5.41, 5.74) is 1.16. The van der Waals surface area contributed by atoms with Crippen molar-refractivity contribution in [2.45, 2.75) is 25.7 Å². The van der Waals surface area contributed by atoms with Crippen LogP contribution >= 0.6 is 11.6 Å². The third-order valence-electron chi connectivity index (χ3n) is 3.77. The van der Waals surface area contributed by atoms with Gasteiger partial charge in [0.25, 0.3) is 0 Å². The Bertz CT molecular complexity index is 658. The number of nitrogens with one attached hydrogen (secondary N) is 1. The molecule has 0 heterocycles. The molecule has 2 aromatic rings. The number of benzene rings is 2. The Hall–Kier alpha value is -2.20. The van der Waals surface area contributed by atoms with Crippen molar-refractivity contribution in [3.05, 3.63) is 59.1 Å². The van der Waals surface area contributed by atoms with Crippen LogP contribution in [-0.4, -0.2) is 26.2 Å². The van der Waals surface area contributed by atoms with Crippen molar-refractivity contribution in [1.29, 1.82) is 0 Å². The van der Waals surface area contributed by atoms with E-state index in [2.05, 4.69) is 11.4 Å². The van der Waals surface area contributed by atoms with E-state index in [1.165, 1.54) is 0 Å². The minimum atomic E-state index is 0.0553. The molecule has 5 heteroatoms. The van der Waals surface area contributed by atoms with Crippen LogP contribution in [-0.2, 0) is 11.2 Å². The first-order valence-corrected chi connectivity index (χ1v) is 8.84. The van der Waals surface area contributed by atoms with Crippen molar-refractivity contribution in [2.75, 3.05) is 20.3 Å². The lowest BCUT2D eigenvalue weighted by Gasteiger charge is -2.09. The Balaban J connectivity index is 1.56. The number of rotatable bonds is 10. The maximum absolute atomic E-state index is 11.8. The minimum absolute atomic E-state index is 0.0553. The summed E-state index contributed by atoms with van der Waals surface area (Å²) in [4.78, 5) is 11.8. The van der Waals surface area contributed by atoms with Gasteiger partial charge in [0.05, 0.1) is 13.7 Å². The average molecular weight is 362 g/mol. The van der Waals surface area contributed by atoms with Crippen LogP contribution in [0.15, 0.2) is 48.5 Å². The van der Waals surface area contributed by atoms with E-state index in [0.29, 0.717) is 31.0 Å². The second-order valence-corrected chi connectivity index (χ2v) is 6.11. The number of para-hydroxylation sites is 1. The standard InChI is InChI=1S/C20H24ClNO3/c1-24-19-8-3-2-6-16(19)7-4-14-22-20(23)9-5-15-25-18-12-10-17(21)11-13-18/h2-3,6,8,10-13H,4-5,7,9,14-15H2,1H3,(H,22,23). The number of halogens is 1. The van der Waals surface area contributed by atoms with Gasteiger partial charge < -0.3 is 14.8 Å². The van der Waals surface area contributed by atoms with E-state index in [1.54, 1.807) is 19.2 Å². The lowest BCUT2D eigenvalue weighted by atomic mass is 10.1. The predicted molar refractivity (Wildman–Crippen MR) is 101 cm³/mol. The SMILES string of the molecule is COc1ccccc1CCCNC(=O)CCCOc1ccc(Cl)cc1. The van der Waals surface area contributed by atoms with Gasteiger partial charge in [-0.05, 0) is 55.2 Å². The number of carbonyl (C=O) groups is 1. The Morgan fingerprint density at radius 2 is 1.84 bits per heavy atom. The average Bonchev–Trinajstić information content (AvgIpc) is 2.64. The molecule has 0 aliphatic rings. The Morgan fingerprint density at radius 3 is 2.60 bits per heavy atom. The molecule has 0 aliphatic heterocycles. The molecule has 2 aromatic carbocycles. The van der Waals surface area contributed by atoms with E-state index in [-0.39, 0.29) is 5.91 Å². The summed E-state index contributed by atoms with van der Waals surface area (Å²) in [5, 5.41) is 3.62. The molecule has 0 unspecified atom stereocenters. The lowest BCUT2D eigenvalue weighted by molar-refractivity contribution is -0.121. The second-order valence-electron chi connectivity index (χ2n) is 5.67. The van der Waals surface area contributed by atoms with Gasteiger partial charge in [-0.2, -0.15) is 0 Å². The Morgan fingerprint density at radius 1 is 1.08 bits per heavy atom. The van der Waals surface area contributed by atoms with Gasteiger partial charge >= 0.3 is 0 Å². The molecule has 0 radical (unpaired) electrons. The Kier molecular flexibility index (Phi) is 8.13. The number of ether oxygens (including phenoxy) is 2. The van der Waals surface area contributed by atoms with Crippen LogP contribution in [0.1, 0.15) is 24.8 Å². The van der Waals surface area contributed by atoms with Gasteiger partial charge in [-0.25, -0.2) is 0 Å². The zero-order valence-electron chi connectivity index (χ0n) is 14.5. The van der Waals surface area contributed by atoms with Gasteiger partial charge in [-0.1, -0.05) is 29.8 Å². The van der Waals surface area contributed by atoms with Gasteiger partial charge in [-0.15, -0.1) is 0 Å². The van der Waals surface area contributed by atoms with Crippen LogP contribution in [0.2, 0.25) is 5.02 Å². The summed E-state index contributed by atoms with van der Waals surface area (Å²) in [6.07, 6.45) is 2.90. The van der Waals surface area contributed by atoms with E-state index < -0.39 is 0 Å². The van der Waals surface area contributed by atoms with Gasteiger partial charge in [0.1, 0.15) is 11.5 Å². The van der Waals surface area contributed by atoms with Crippen LogP contribution in [0.25, 0.3) is 0 Å². The summed E-state index contributed by atoms with van der Waals surface area (Å²) in [6, 6.07) is 15.2. The molecule has 0 atom stereocenters. The molecule has 0 saturated heterocycles. The number of hydrogen-bond donors (Lipinski definition) is 1. The highest BCUT2D eigenvalue weighted by atomic mass is 35.5. The van der Waals surface area contributed by atoms with Crippen LogP contribution in [0.4, 0.5) is 0 Å². The van der Waals surface area contributed by atoms with Crippen molar-refractivity contribution < 1.29 is 14.3 Å². The van der Waals surface area contributed by atoms with Crippen LogP contribution in [0.3, 0.4) is 0 Å². The summed E-state index contributed by atoms with van der Waals surface area (Å²) >= 11 is 5.82. The van der Waals surface area contributed by atoms with E-state index in [0.717, 1.165) is 29.9 Å². The predicted octanol–water partition coefficient (Wildman–Crippen LogP) is 4.26. The molecule has 0 bridgehead atoms. The molecule has 0 spiro atoms. The fourth-order valence-electron chi connectivity index (χ4n) is 2.46. The highest BCUT2D eigenvalue weighted by Crippen LogP contribution is 2.18. The smallest absolute Gasteiger partial charge is 0.220 e. The fourth-order valence-corrected chi connectivity index (χ4v) is 2.58. The summed E-state index contributed by atoms with van der Waals surface area (Å²) in [5.74, 6) is 1.72. The van der Waals surface area contributed by atoms with E-state index in [4.69, 9.17) is 21.1 Å². The Labute approximate surface area is 154 Å². The van der Waals surface area contributed by atoms with Gasteiger partial charge in [0.15, 0.2) is 0 Å². The quantitative estimate of drug-likeness (QED) is 0.643. The summed E-state index contributed by atoms with van der Waals surface area (Å²) in [6.45, 7) is 1.17. The molecule has 0 aromatic heterocycles. The van der Waals surface area contributed by atoms with E-state index >= 15 is 0 Å². The van der Waals surface area contributed by atoms with Crippen LogP contribution in [0, 0.1) is 0 Å². The highest BCUT2D eigenvalue weighted by molar-refractivity contribution is 6.30. The van der Waals surface area contributed by atoms with Gasteiger partial charge in [-0.3, -0.25) is 4.79 Å². The largest absolute Gasteiger partial charge is 0.496 e. The third-order valence-corrected chi connectivity index (χ3v) is 4.02. The minimum Gasteiger partial charge on any atom is -0.496 e. The normalized spacial score (nSPS) is 10.3. The molecule has 2 rings (SSSR count). The molecule has 25 heavy (non-hydrogen) atoms. The topological polar surface area (TPSA) is 47.6 Å². The van der Waals surface area contributed by atoms with E-state index in [9.17, 15) is 4.79 Å². The number of methoxy groups -OCH3 is 1. The van der Waals surface area contributed by atoms with Crippen LogP contribution in [0.5, 0.6) is 11.5 Å². The van der Waals surface area contributed by atoms with Gasteiger partial charge in [0.2, 0.25) is 5.91 Å². The van der Waals surface area contributed by atoms with Gasteiger partial charge in [0, 0.05) is 18.0 Å². The molecular formula is C20H24ClNO3. The lowest BCUT2D eigenvalue weighted by Crippen LogP contribution is -2.24. The maximum Gasteiger partial charge on any atom is 0.220 e. The molecule has 0 fully saturated rings. The highest BCUT2D eigenvalue weighted by Gasteiger charge is 2.04. The first kappa shape index (κ1) is 19.1. The van der Waals surface area contributed by atoms with Crippen molar-refractivity contribution in [2.24, 2.45) is 0 Å². The molecule has 0 aliphatic carbocycles. The molecule has 0 saturated carbocycles. The zero-order valence-corrected chi connectivity index (χ0v) is 15.2. The molecule has 1 N–H and O–H groups in total. The van der Waals surface area contributed by atoms with Crippen molar-refractivity contribution in [3.8, 4) is 11.5 Å². The molecule has 1 amide bonds. The number of aryl methyl sites for hydroxylation is 1.